The molecule has 2 rings (SSSR count). The number of halogens is 2. The summed E-state index contributed by atoms with van der Waals surface area (Å²) in [4.78, 5) is 22.7. The molecule has 0 radical (unpaired) electrons. The van der Waals surface area contributed by atoms with Crippen LogP contribution in [0.15, 0.2) is 42.5 Å². The van der Waals surface area contributed by atoms with Crippen LogP contribution in [0.5, 0.6) is 0 Å². The molecule has 108 valence electrons. The van der Waals surface area contributed by atoms with Gasteiger partial charge in [0.25, 0.3) is 0 Å². The summed E-state index contributed by atoms with van der Waals surface area (Å²) in [6, 6.07) is 10.0. The summed E-state index contributed by atoms with van der Waals surface area (Å²) < 4.78 is 0. The van der Waals surface area contributed by atoms with Crippen molar-refractivity contribution in [1.82, 2.24) is 0 Å². The molecular weight excluding hydrogens is 315 g/mol. The molecule has 0 saturated heterocycles. The first kappa shape index (κ1) is 15.2. The van der Waals surface area contributed by atoms with Gasteiger partial charge >= 0.3 is 12.0 Å². The van der Waals surface area contributed by atoms with Crippen LogP contribution in [0.2, 0.25) is 10.0 Å². The smallest absolute Gasteiger partial charge is 0.335 e. The van der Waals surface area contributed by atoms with E-state index in [4.69, 9.17) is 28.3 Å². The van der Waals surface area contributed by atoms with Crippen molar-refractivity contribution in [3.8, 4) is 0 Å². The molecule has 0 heterocycles. The zero-order chi connectivity index (χ0) is 15.4. The number of carboxylic acid groups (broad SMARTS) is 1. The molecule has 0 fully saturated rings. The van der Waals surface area contributed by atoms with Crippen LogP contribution in [0.3, 0.4) is 0 Å². The van der Waals surface area contributed by atoms with Crippen molar-refractivity contribution in [3.63, 3.8) is 0 Å². The van der Waals surface area contributed by atoms with Gasteiger partial charge in [0, 0.05) is 21.4 Å². The molecule has 0 unspecified atom stereocenters. The zero-order valence-corrected chi connectivity index (χ0v) is 12.1. The summed E-state index contributed by atoms with van der Waals surface area (Å²) in [5.41, 5.74) is 0.874. The molecule has 0 aliphatic carbocycles. The molecule has 5 nitrogen and oxygen atoms in total. The summed E-state index contributed by atoms with van der Waals surface area (Å²) in [6.07, 6.45) is 0. The second-order valence-corrected chi connectivity index (χ2v) is 5.00. The Balaban J connectivity index is 2.08. The average Bonchev–Trinajstić information content (AvgIpc) is 2.37. The van der Waals surface area contributed by atoms with Crippen molar-refractivity contribution in [3.05, 3.63) is 58.1 Å². The second kappa shape index (κ2) is 6.47. The second-order valence-electron chi connectivity index (χ2n) is 4.12. The molecule has 0 aliphatic heterocycles. The number of hydrogen-bond acceptors (Lipinski definition) is 2. The SMILES string of the molecule is O=C(Nc1cc(Cl)cc(Cl)c1)Nc1cccc(C(=O)O)c1. The fourth-order valence-corrected chi connectivity index (χ4v) is 2.18. The number of carbonyl (C=O) groups excluding carboxylic acids is 1. The van der Waals surface area contributed by atoms with Crippen LogP contribution in [-0.2, 0) is 0 Å². The molecule has 0 bridgehead atoms. The molecule has 2 aromatic rings. The Morgan fingerprint density at radius 2 is 1.52 bits per heavy atom. The molecule has 2 aromatic carbocycles. The largest absolute Gasteiger partial charge is 0.478 e. The van der Waals surface area contributed by atoms with Crippen LogP contribution in [0.1, 0.15) is 10.4 Å². The molecular formula is C14H10Cl2N2O3. The van der Waals surface area contributed by atoms with Gasteiger partial charge in [-0.25, -0.2) is 9.59 Å². The van der Waals surface area contributed by atoms with Crippen LogP contribution < -0.4 is 10.6 Å². The van der Waals surface area contributed by atoms with Gasteiger partial charge in [0.15, 0.2) is 0 Å². The Bertz CT molecular complexity index is 684. The molecule has 0 atom stereocenters. The van der Waals surface area contributed by atoms with Gasteiger partial charge in [-0.1, -0.05) is 29.3 Å². The van der Waals surface area contributed by atoms with Gasteiger partial charge < -0.3 is 15.7 Å². The summed E-state index contributed by atoms with van der Waals surface area (Å²) in [5, 5.41) is 14.7. The van der Waals surface area contributed by atoms with E-state index in [0.717, 1.165) is 0 Å². The van der Waals surface area contributed by atoms with Crippen LogP contribution in [0.4, 0.5) is 16.2 Å². The number of aromatic carboxylic acids is 1. The van der Waals surface area contributed by atoms with E-state index < -0.39 is 12.0 Å². The predicted molar refractivity (Wildman–Crippen MR) is 82.5 cm³/mol. The molecule has 0 saturated carbocycles. The maximum Gasteiger partial charge on any atom is 0.335 e. The highest BCUT2D eigenvalue weighted by molar-refractivity contribution is 6.35. The van der Waals surface area contributed by atoms with E-state index in [1.54, 1.807) is 24.3 Å². The fourth-order valence-electron chi connectivity index (χ4n) is 1.65. The maximum absolute atomic E-state index is 11.8. The molecule has 7 heteroatoms. The number of hydrogen-bond donors (Lipinski definition) is 3. The first-order chi connectivity index (χ1) is 9.94. The minimum Gasteiger partial charge on any atom is -0.478 e. The Morgan fingerprint density at radius 3 is 2.14 bits per heavy atom. The average molecular weight is 325 g/mol. The van der Waals surface area contributed by atoms with Gasteiger partial charge in [-0.15, -0.1) is 0 Å². The number of amides is 2. The van der Waals surface area contributed by atoms with E-state index in [1.807, 2.05) is 0 Å². The number of anilines is 2. The van der Waals surface area contributed by atoms with Crippen molar-refractivity contribution >= 4 is 46.6 Å². The number of urea groups is 1. The minimum absolute atomic E-state index is 0.0820. The fraction of sp³-hybridized carbons (Fsp3) is 0. The third-order valence-electron chi connectivity index (χ3n) is 2.49. The van der Waals surface area contributed by atoms with E-state index in [1.165, 1.54) is 18.2 Å². The Morgan fingerprint density at radius 1 is 0.905 bits per heavy atom. The van der Waals surface area contributed by atoms with Crippen molar-refractivity contribution in [2.24, 2.45) is 0 Å². The standard InChI is InChI=1S/C14H10Cl2N2O3/c15-9-5-10(16)7-12(6-9)18-14(21)17-11-3-1-2-8(4-11)13(19)20/h1-7H,(H,19,20)(H2,17,18,21). The van der Waals surface area contributed by atoms with Gasteiger partial charge in [0.05, 0.1) is 5.56 Å². The van der Waals surface area contributed by atoms with Crippen LogP contribution in [0.25, 0.3) is 0 Å². The van der Waals surface area contributed by atoms with Crippen molar-refractivity contribution < 1.29 is 14.7 Å². The maximum atomic E-state index is 11.8. The normalized spacial score (nSPS) is 10.0. The lowest BCUT2D eigenvalue weighted by atomic mass is 10.2. The minimum atomic E-state index is -1.07. The van der Waals surface area contributed by atoms with E-state index >= 15 is 0 Å². The van der Waals surface area contributed by atoms with Gasteiger partial charge in [-0.05, 0) is 36.4 Å². The number of carbonyl (C=O) groups is 2. The summed E-state index contributed by atoms with van der Waals surface area (Å²) >= 11 is 11.7. The number of carboxylic acids is 1. The van der Waals surface area contributed by atoms with Crippen molar-refractivity contribution in [2.75, 3.05) is 10.6 Å². The Kier molecular flexibility index (Phi) is 4.67. The van der Waals surface area contributed by atoms with E-state index in [0.29, 0.717) is 21.4 Å². The Hall–Kier alpha value is -2.24. The molecule has 0 aliphatic rings. The highest BCUT2D eigenvalue weighted by Crippen LogP contribution is 2.22. The predicted octanol–water partition coefficient (Wildman–Crippen LogP) is 4.34. The number of nitrogens with one attached hydrogen (secondary N) is 2. The van der Waals surface area contributed by atoms with Gasteiger partial charge in [0.1, 0.15) is 0 Å². The highest BCUT2D eigenvalue weighted by Gasteiger charge is 2.07. The quantitative estimate of drug-likeness (QED) is 0.785. The third kappa shape index (κ3) is 4.37. The molecule has 0 aromatic heterocycles. The summed E-state index contributed by atoms with van der Waals surface area (Å²) in [7, 11) is 0. The lowest BCUT2D eigenvalue weighted by molar-refractivity contribution is 0.0697. The zero-order valence-electron chi connectivity index (χ0n) is 10.6. The van der Waals surface area contributed by atoms with Gasteiger partial charge in [-0.2, -0.15) is 0 Å². The first-order valence-electron chi connectivity index (χ1n) is 5.81. The summed E-state index contributed by atoms with van der Waals surface area (Å²) in [5.74, 6) is -1.07. The monoisotopic (exact) mass is 324 g/mol. The highest BCUT2D eigenvalue weighted by atomic mass is 35.5. The topological polar surface area (TPSA) is 78.4 Å². The number of benzene rings is 2. The molecule has 21 heavy (non-hydrogen) atoms. The van der Waals surface area contributed by atoms with Crippen molar-refractivity contribution in [2.45, 2.75) is 0 Å². The van der Waals surface area contributed by atoms with E-state index in [-0.39, 0.29) is 5.56 Å². The molecule has 3 N–H and O–H groups in total. The van der Waals surface area contributed by atoms with E-state index in [9.17, 15) is 9.59 Å². The van der Waals surface area contributed by atoms with Crippen LogP contribution in [0, 0.1) is 0 Å². The molecule has 0 spiro atoms. The van der Waals surface area contributed by atoms with Gasteiger partial charge in [0.2, 0.25) is 0 Å². The van der Waals surface area contributed by atoms with Crippen LogP contribution >= 0.6 is 23.2 Å². The van der Waals surface area contributed by atoms with Crippen molar-refractivity contribution in [1.29, 1.82) is 0 Å². The lowest BCUT2D eigenvalue weighted by Gasteiger charge is -2.09. The Labute approximate surface area is 130 Å². The lowest BCUT2D eigenvalue weighted by Crippen LogP contribution is -2.19. The van der Waals surface area contributed by atoms with E-state index in [2.05, 4.69) is 10.6 Å². The summed E-state index contributed by atoms with van der Waals surface area (Å²) in [6.45, 7) is 0. The third-order valence-corrected chi connectivity index (χ3v) is 2.92. The first-order valence-corrected chi connectivity index (χ1v) is 6.57. The van der Waals surface area contributed by atoms with Crippen LogP contribution in [-0.4, -0.2) is 17.1 Å². The number of rotatable bonds is 3. The van der Waals surface area contributed by atoms with Gasteiger partial charge in [-0.3, -0.25) is 0 Å². The molecule has 2 amide bonds.